The number of rotatable bonds is 9. The van der Waals surface area contributed by atoms with E-state index >= 15 is 0 Å². The number of aromatic nitrogens is 2. The van der Waals surface area contributed by atoms with E-state index in [4.69, 9.17) is 16.2 Å². The molecule has 0 spiro atoms. The molecule has 1 saturated carbocycles. The summed E-state index contributed by atoms with van der Waals surface area (Å²) in [4.78, 5) is 8.61. The van der Waals surface area contributed by atoms with Gasteiger partial charge in [-0.05, 0) is 37.5 Å². The molecule has 1 aliphatic heterocycles. The predicted octanol–water partition coefficient (Wildman–Crippen LogP) is 2.07. The van der Waals surface area contributed by atoms with Gasteiger partial charge in [-0.3, -0.25) is 5.10 Å². The highest BCUT2D eigenvalue weighted by atomic mass is 19.1. The van der Waals surface area contributed by atoms with E-state index in [1.54, 1.807) is 6.07 Å². The standard InChI is InChI=1S/C23H31FN8O/c1-15(10-21(28-14-26)32-8-6-31(7-9-32)16(2)27-13-25)22-17-11-20(33-23(3)4-5-23)18(24)12-19(17)29-30-22/h10-12,14,27H,1-2,4-9,13,25H2,3H3,(H2,26,28)(H,29,30)/b21-10+. The predicted molar refractivity (Wildman–Crippen MR) is 129 cm³/mol. The third-order valence-electron chi connectivity index (χ3n) is 6.03. The lowest BCUT2D eigenvalue weighted by molar-refractivity contribution is 0.183. The molecule has 0 atom stereocenters. The maximum Gasteiger partial charge on any atom is 0.167 e. The van der Waals surface area contributed by atoms with Gasteiger partial charge in [0, 0.05) is 37.6 Å². The van der Waals surface area contributed by atoms with E-state index in [-0.39, 0.29) is 11.4 Å². The number of hydrogen-bond donors (Lipinski definition) is 4. The molecule has 0 unspecified atom stereocenters. The van der Waals surface area contributed by atoms with Crippen molar-refractivity contribution in [2.75, 3.05) is 32.8 Å². The molecule has 1 aliphatic carbocycles. The largest absolute Gasteiger partial charge is 0.484 e. The lowest BCUT2D eigenvalue weighted by atomic mass is 10.1. The highest BCUT2D eigenvalue weighted by Crippen LogP contribution is 2.41. The number of fused-ring (bicyclic) bond motifs is 1. The Morgan fingerprint density at radius 2 is 2.00 bits per heavy atom. The van der Waals surface area contributed by atoms with Crippen LogP contribution in [0.1, 0.15) is 25.5 Å². The second-order valence-electron chi connectivity index (χ2n) is 8.56. The molecule has 0 bridgehead atoms. The summed E-state index contributed by atoms with van der Waals surface area (Å²) >= 11 is 0. The molecule has 2 heterocycles. The molecule has 1 aromatic heterocycles. The maximum absolute atomic E-state index is 14.5. The average molecular weight is 455 g/mol. The fourth-order valence-corrected chi connectivity index (χ4v) is 3.83. The molecular formula is C23H31FN8O. The Morgan fingerprint density at radius 3 is 2.64 bits per heavy atom. The van der Waals surface area contributed by atoms with Crippen molar-refractivity contribution in [3.8, 4) is 5.75 Å². The first-order chi connectivity index (χ1) is 15.8. The first-order valence-corrected chi connectivity index (χ1v) is 11.0. The highest BCUT2D eigenvalue weighted by molar-refractivity contribution is 5.93. The Hall–Kier alpha value is -3.53. The number of halogens is 1. The lowest BCUT2D eigenvalue weighted by Gasteiger charge is -2.38. The molecule has 10 heteroatoms. The molecular weight excluding hydrogens is 423 g/mol. The zero-order valence-electron chi connectivity index (χ0n) is 18.9. The van der Waals surface area contributed by atoms with Crippen LogP contribution < -0.4 is 21.5 Å². The zero-order chi connectivity index (χ0) is 23.6. The van der Waals surface area contributed by atoms with Crippen LogP contribution in [0.5, 0.6) is 5.75 Å². The van der Waals surface area contributed by atoms with E-state index in [9.17, 15) is 4.39 Å². The van der Waals surface area contributed by atoms with Crippen molar-refractivity contribution < 1.29 is 9.13 Å². The minimum atomic E-state index is -0.413. The van der Waals surface area contributed by atoms with Gasteiger partial charge in [0.05, 0.1) is 30.0 Å². The van der Waals surface area contributed by atoms with Gasteiger partial charge in [-0.1, -0.05) is 13.2 Å². The monoisotopic (exact) mass is 454 g/mol. The van der Waals surface area contributed by atoms with Gasteiger partial charge >= 0.3 is 0 Å². The van der Waals surface area contributed by atoms with Crippen molar-refractivity contribution in [1.29, 1.82) is 0 Å². The average Bonchev–Trinajstić information content (AvgIpc) is 3.38. The summed E-state index contributed by atoms with van der Waals surface area (Å²) in [5, 5.41) is 11.0. The Morgan fingerprint density at radius 1 is 1.30 bits per heavy atom. The van der Waals surface area contributed by atoms with Crippen molar-refractivity contribution in [2.45, 2.75) is 25.4 Å². The van der Waals surface area contributed by atoms with Crippen molar-refractivity contribution in [1.82, 2.24) is 25.3 Å². The van der Waals surface area contributed by atoms with Crippen LogP contribution in [-0.4, -0.2) is 64.8 Å². The second-order valence-corrected chi connectivity index (χ2v) is 8.56. The zero-order valence-corrected chi connectivity index (χ0v) is 18.9. The molecule has 0 radical (unpaired) electrons. The fourth-order valence-electron chi connectivity index (χ4n) is 3.83. The van der Waals surface area contributed by atoms with Crippen LogP contribution >= 0.6 is 0 Å². The second kappa shape index (κ2) is 9.14. The third-order valence-corrected chi connectivity index (χ3v) is 6.03. The third kappa shape index (κ3) is 4.95. The molecule has 2 aromatic rings. The quantitative estimate of drug-likeness (QED) is 0.198. The number of H-pyrrole nitrogens is 1. The SMILES string of the molecule is C=C(/C=C(\N=C/N)N1CCN(C(=C)NCN)CC1)c1n[nH]c2cc(F)c(OC3(C)CC3)cc12. The van der Waals surface area contributed by atoms with E-state index in [1.807, 2.05) is 13.0 Å². The van der Waals surface area contributed by atoms with Crippen molar-refractivity contribution in [3.05, 3.63) is 54.5 Å². The van der Waals surface area contributed by atoms with E-state index < -0.39 is 5.82 Å². The van der Waals surface area contributed by atoms with Crippen LogP contribution in [0, 0.1) is 5.82 Å². The number of aliphatic imine (C=N–C) groups is 1. The number of nitrogens with zero attached hydrogens (tertiary/aromatic N) is 4. The molecule has 176 valence electrons. The molecule has 0 amide bonds. The maximum atomic E-state index is 14.5. The van der Waals surface area contributed by atoms with E-state index in [0.29, 0.717) is 29.3 Å². The van der Waals surface area contributed by atoms with E-state index in [1.165, 1.54) is 12.4 Å². The molecule has 2 fully saturated rings. The van der Waals surface area contributed by atoms with Gasteiger partial charge in [-0.15, -0.1) is 0 Å². The number of piperazine rings is 1. The molecule has 2 aliphatic rings. The van der Waals surface area contributed by atoms with Gasteiger partial charge in [-0.2, -0.15) is 5.10 Å². The Kier molecular flexibility index (Phi) is 6.28. The molecule has 9 nitrogen and oxygen atoms in total. The topological polar surface area (TPSA) is 121 Å². The van der Waals surface area contributed by atoms with Crippen molar-refractivity contribution in [2.24, 2.45) is 16.5 Å². The highest BCUT2D eigenvalue weighted by Gasteiger charge is 2.40. The summed E-state index contributed by atoms with van der Waals surface area (Å²) in [5.41, 5.74) is 12.7. The first kappa shape index (κ1) is 22.7. The van der Waals surface area contributed by atoms with Crippen LogP contribution in [0.2, 0.25) is 0 Å². The molecule has 6 N–H and O–H groups in total. The summed E-state index contributed by atoms with van der Waals surface area (Å²) in [6, 6.07) is 3.09. The number of aromatic amines is 1. The summed E-state index contributed by atoms with van der Waals surface area (Å²) in [6.45, 7) is 13.5. The molecule has 1 saturated heterocycles. The van der Waals surface area contributed by atoms with Gasteiger partial charge in [-0.25, -0.2) is 9.38 Å². The normalized spacial score (nSPS) is 18.1. The number of allylic oxidation sites excluding steroid dienone is 2. The molecule has 1 aromatic carbocycles. The summed E-state index contributed by atoms with van der Waals surface area (Å²) in [6.07, 6.45) is 4.94. The van der Waals surface area contributed by atoms with Crippen LogP contribution in [0.4, 0.5) is 4.39 Å². The first-order valence-electron chi connectivity index (χ1n) is 11.0. The summed E-state index contributed by atoms with van der Waals surface area (Å²) < 4.78 is 20.4. The van der Waals surface area contributed by atoms with Crippen molar-refractivity contribution >= 4 is 22.8 Å². The molecule has 4 rings (SSSR count). The van der Waals surface area contributed by atoms with Gasteiger partial charge in [0.1, 0.15) is 11.4 Å². The Balaban J connectivity index is 1.55. The van der Waals surface area contributed by atoms with Crippen LogP contribution in [-0.2, 0) is 0 Å². The van der Waals surface area contributed by atoms with Crippen molar-refractivity contribution in [3.63, 3.8) is 0 Å². The Bertz CT molecular complexity index is 1110. The summed E-state index contributed by atoms with van der Waals surface area (Å²) in [7, 11) is 0. The number of nitrogens with two attached hydrogens (primary N) is 2. The van der Waals surface area contributed by atoms with E-state index in [2.05, 4.69) is 43.5 Å². The van der Waals surface area contributed by atoms with Gasteiger partial charge in [0.25, 0.3) is 0 Å². The molecule has 33 heavy (non-hydrogen) atoms. The Labute approximate surface area is 192 Å². The smallest absolute Gasteiger partial charge is 0.167 e. The van der Waals surface area contributed by atoms with Crippen LogP contribution in [0.3, 0.4) is 0 Å². The summed E-state index contributed by atoms with van der Waals surface area (Å²) in [5.74, 6) is 1.30. The minimum absolute atomic E-state index is 0.226. The van der Waals surface area contributed by atoms with Gasteiger partial charge < -0.3 is 31.3 Å². The number of ether oxygens (including phenoxy) is 1. The lowest BCUT2D eigenvalue weighted by Crippen LogP contribution is -2.47. The van der Waals surface area contributed by atoms with Crippen LogP contribution in [0.25, 0.3) is 16.5 Å². The minimum Gasteiger partial charge on any atom is -0.484 e. The number of benzene rings is 1. The number of hydrogen-bond acceptors (Lipinski definition) is 7. The van der Waals surface area contributed by atoms with Crippen LogP contribution in [0.15, 0.2) is 48.0 Å². The number of nitrogens with one attached hydrogen (secondary N) is 2. The van der Waals surface area contributed by atoms with Gasteiger partial charge in [0.15, 0.2) is 11.6 Å². The fraction of sp³-hybridized carbons (Fsp3) is 0.391. The van der Waals surface area contributed by atoms with Gasteiger partial charge in [0.2, 0.25) is 0 Å². The van der Waals surface area contributed by atoms with E-state index in [0.717, 1.165) is 50.2 Å².